The first-order valence-corrected chi connectivity index (χ1v) is 24.5. The largest absolute Gasteiger partial charge is 0.455 e. The number of allylic oxidation sites excluding steroid dienone is 1. The minimum absolute atomic E-state index is 0.00543. The summed E-state index contributed by atoms with van der Waals surface area (Å²) >= 11 is 0. The lowest BCUT2D eigenvalue weighted by atomic mass is 9.31. The molecule has 2 aromatic carbocycles. The van der Waals surface area contributed by atoms with Crippen LogP contribution in [0.5, 0.6) is 11.5 Å². The average Bonchev–Trinajstić information content (AvgIpc) is 3.70. The molecule has 7 aliphatic rings. The van der Waals surface area contributed by atoms with E-state index < -0.39 is 43.3 Å². The van der Waals surface area contributed by atoms with E-state index in [1.165, 1.54) is 61.2 Å². The van der Waals surface area contributed by atoms with Gasteiger partial charge in [-0.15, -0.1) is 0 Å². The lowest BCUT2D eigenvalue weighted by Gasteiger charge is -2.72. The molecule has 0 radical (unpaired) electrons. The lowest BCUT2D eigenvalue weighted by molar-refractivity contribution is -0.384. The highest BCUT2D eigenvalue weighted by Crippen LogP contribution is 2.80. The molecule has 3 N–H and O–H groups in total. The summed E-state index contributed by atoms with van der Waals surface area (Å²) in [5.74, 6) is 0.547. The number of hydrogen-bond acceptors (Lipinski definition) is 10. The predicted molar refractivity (Wildman–Crippen MR) is 241 cm³/mol. The second-order valence-corrected chi connectivity index (χ2v) is 21.8. The van der Waals surface area contributed by atoms with Crippen LogP contribution < -0.4 is 19.7 Å². The maximum atomic E-state index is 14.0. The molecule has 16 heteroatoms. The van der Waals surface area contributed by atoms with Crippen LogP contribution >= 0.6 is 0 Å². The number of amides is 1. The summed E-state index contributed by atoms with van der Waals surface area (Å²) < 4.78 is 63.7. The summed E-state index contributed by atoms with van der Waals surface area (Å²) in [6.45, 7) is 6.62. The number of sulfonamides is 1. The number of nitro groups is 1. The van der Waals surface area contributed by atoms with Gasteiger partial charge in [0.1, 0.15) is 22.8 Å². The number of aromatic amines is 1. The number of ether oxygens (including phenoxy) is 1. The molecule has 1 amide bonds. The Bertz CT molecular complexity index is 2590. The van der Waals surface area contributed by atoms with Crippen molar-refractivity contribution in [3.63, 3.8) is 0 Å². The molecule has 1 saturated heterocycles. The molecule has 6 fully saturated rings. The molecule has 11 rings (SSSR count). The first kappa shape index (κ1) is 42.8. The van der Waals surface area contributed by atoms with E-state index in [1.54, 1.807) is 24.4 Å². The fourth-order valence-electron chi connectivity index (χ4n) is 11.9. The molecular weight excluding hydrogens is 841 g/mol. The highest BCUT2D eigenvalue weighted by atomic mass is 32.2. The number of aromatic nitrogens is 2. The highest BCUT2D eigenvalue weighted by molar-refractivity contribution is 7.90. The number of hydrogen-bond donors (Lipinski definition) is 3. The number of carbonyl (C=O) groups excluding carboxylic acids is 1. The molecule has 6 aliphatic carbocycles. The van der Waals surface area contributed by atoms with Gasteiger partial charge in [-0.2, -0.15) is 0 Å². The summed E-state index contributed by atoms with van der Waals surface area (Å²) in [4.78, 5) is 37.2. The standard InChI is InChI=1S/C48H57F2N7O6S/c1-31-3-5-32(6-4-31)25-52-40-10-8-37(23-41(40)57(59)60)64(61,62)54-44(58)38-9-7-35(22-42(38)63-36-21-33-12-16-51-43(33)53-26-36)56-19-17-55(18-20-56)27-34-11-15-46(13-2-14-46)24-39(34)47-28-48(29-47,30-47)45(49)50/h7-10,12,16,21-23,26,31-32,45,52H,2-6,11,13-15,17-20,24-25,27-30H2,1H3,(H,51,53)(H,54,58)/t31-,32+,47?,48?. The van der Waals surface area contributed by atoms with Crippen molar-refractivity contribution in [2.75, 3.05) is 49.5 Å². The van der Waals surface area contributed by atoms with Crippen LogP contribution in [0.3, 0.4) is 0 Å². The molecule has 0 atom stereocenters. The average molecular weight is 898 g/mol. The Kier molecular flexibility index (Phi) is 11.0. The smallest absolute Gasteiger partial charge is 0.293 e. The van der Waals surface area contributed by atoms with Crippen LogP contribution in [0.1, 0.15) is 101 Å². The zero-order valence-corrected chi connectivity index (χ0v) is 37.2. The zero-order chi connectivity index (χ0) is 44.4. The van der Waals surface area contributed by atoms with Crippen LogP contribution in [0.25, 0.3) is 11.0 Å². The predicted octanol–water partition coefficient (Wildman–Crippen LogP) is 9.83. The number of carbonyl (C=O) groups is 1. The zero-order valence-electron chi connectivity index (χ0n) is 36.3. The lowest BCUT2D eigenvalue weighted by Crippen LogP contribution is -2.66. The molecular formula is C48H57F2N7O6S. The number of nitrogens with one attached hydrogen (secondary N) is 3. The van der Waals surface area contributed by atoms with Crippen molar-refractivity contribution >= 4 is 44.0 Å². The molecule has 2 aromatic heterocycles. The first-order valence-electron chi connectivity index (χ1n) is 23.0. The van der Waals surface area contributed by atoms with Crippen molar-refractivity contribution in [2.45, 2.75) is 102 Å². The third-order valence-corrected chi connectivity index (χ3v) is 17.2. The van der Waals surface area contributed by atoms with Gasteiger partial charge in [0.15, 0.2) is 0 Å². The Morgan fingerprint density at radius 3 is 2.48 bits per heavy atom. The van der Waals surface area contributed by atoms with Gasteiger partial charge in [-0.3, -0.25) is 19.8 Å². The van der Waals surface area contributed by atoms with Gasteiger partial charge in [-0.05, 0) is 123 Å². The number of halogens is 2. The fourth-order valence-corrected chi connectivity index (χ4v) is 12.9. The van der Waals surface area contributed by atoms with Gasteiger partial charge in [0, 0.05) is 74.1 Å². The molecule has 3 heterocycles. The van der Waals surface area contributed by atoms with E-state index in [0.29, 0.717) is 67.5 Å². The number of benzene rings is 2. The molecule has 1 spiro atoms. The fraction of sp³-hybridized carbons (Fsp3) is 0.542. The van der Waals surface area contributed by atoms with Gasteiger partial charge >= 0.3 is 0 Å². The van der Waals surface area contributed by atoms with Gasteiger partial charge in [-0.1, -0.05) is 37.3 Å². The molecule has 5 saturated carbocycles. The maximum absolute atomic E-state index is 14.0. The Morgan fingerprint density at radius 2 is 1.78 bits per heavy atom. The molecule has 0 unspecified atom stereocenters. The molecule has 340 valence electrons. The van der Waals surface area contributed by atoms with Crippen LogP contribution in [0.4, 0.5) is 25.8 Å². The SMILES string of the molecule is C[C@H]1CC[C@@H](CNc2ccc(S(=O)(=O)NC(=O)c3ccc(N4CCN(CC5=C(C67CC(C(F)F)(C6)C7)CC6(CCC6)CC5)CC4)cc3Oc3cnc4[nH]ccc4c3)cc2[N+](=O)[O-])CC1. The van der Waals surface area contributed by atoms with Crippen LogP contribution in [0.15, 0.2) is 77.0 Å². The number of H-pyrrole nitrogens is 1. The Balaban J connectivity index is 0.851. The Hall–Kier alpha value is -5.09. The second kappa shape index (κ2) is 16.4. The van der Waals surface area contributed by atoms with E-state index in [0.717, 1.165) is 75.3 Å². The maximum Gasteiger partial charge on any atom is 0.293 e. The van der Waals surface area contributed by atoms with E-state index >= 15 is 0 Å². The number of piperazine rings is 1. The topological polar surface area (TPSA) is 163 Å². The monoisotopic (exact) mass is 897 g/mol. The summed E-state index contributed by atoms with van der Waals surface area (Å²) in [6.07, 6.45) is 14.4. The molecule has 4 aromatic rings. The quantitative estimate of drug-likeness (QED) is 0.0631. The minimum Gasteiger partial charge on any atom is -0.455 e. The number of rotatable bonds is 14. The van der Waals surface area contributed by atoms with Gasteiger partial charge in [0.2, 0.25) is 6.43 Å². The summed E-state index contributed by atoms with van der Waals surface area (Å²) in [5, 5.41) is 16.1. The highest BCUT2D eigenvalue weighted by Gasteiger charge is 2.73. The first-order chi connectivity index (χ1) is 30.7. The van der Waals surface area contributed by atoms with Crippen molar-refractivity contribution in [2.24, 2.45) is 28.1 Å². The van der Waals surface area contributed by atoms with Gasteiger partial charge < -0.3 is 19.9 Å². The van der Waals surface area contributed by atoms with E-state index in [-0.39, 0.29) is 22.4 Å². The van der Waals surface area contributed by atoms with Crippen LogP contribution in [0, 0.1) is 38.2 Å². The molecule has 13 nitrogen and oxygen atoms in total. The van der Waals surface area contributed by atoms with Gasteiger partial charge in [0.25, 0.3) is 21.6 Å². The van der Waals surface area contributed by atoms with Gasteiger partial charge in [-0.25, -0.2) is 26.9 Å². The van der Waals surface area contributed by atoms with Crippen LogP contribution in [-0.4, -0.2) is 79.8 Å². The number of nitrogens with zero attached hydrogens (tertiary/aromatic N) is 4. The third-order valence-electron chi connectivity index (χ3n) is 15.9. The number of fused-ring (bicyclic) bond motifs is 1. The minimum atomic E-state index is -4.56. The number of anilines is 2. The third kappa shape index (κ3) is 8.02. The number of pyridine rings is 1. The van der Waals surface area contributed by atoms with E-state index in [1.807, 2.05) is 6.07 Å². The van der Waals surface area contributed by atoms with Gasteiger partial charge in [0.05, 0.1) is 21.6 Å². The second-order valence-electron chi connectivity index (χ2n) is 20.1. The van der Waals surface area contributed by atoms with Crippen molar-refractivity contribution in [1.29, 1.82) is 0 Å². The molecule has 2 bridgehead atoms. The normalized spacial score (nSPS) is 26.6. The number of alkyl halides is 2. The number of nitro benzene ring substituents is 1. The van der Waals surface area contributed by atoms with Crippen LogP contribution in [-0.2, 0) is 10.0 Å². The molecule has 1 aliphatic heterocycles. The summed E-state index contributed by atoms with van der Waals surface area (Å²) in [5.41, 5.74) is 3.87. The van der Waals surface area contributed by atoms with Crippen LogP contribution in [0.2, 0.25) is 0 Å². The van der Waals surface area contributed by atoms with Crippen molar-refractivity contribution < 1.29 is 31.7 Å². The van der Waals surface area contributed by atoms with Crippen molar-refractivity contribution in [3.8, 4) is 11.5 Å². The van der Waals surface area contributed by atoms with E-state index in [2.05, 4.69) is 36.7 Å². The summed E-state index contributed by atoms with van der Waals surface area (Å²) in [6, 6.07) is 12.3. The Morgan fingerprint density at radius 1 is 1.02 bits per heavy atom. The van der Waals surface area contributed by atoms with Crippen molar-refractivity contribution in [1.82, 2.24) is 19.6 Å². The van der Waals surface area contributed by atoms with E-state index in [9.17, 15) is 32.1 Å². The summed E-state index contributed by atoms with van der Waals surface area (Å²) in [7, 11) is -4.56. The Labute approximate surface area is 372 Å². The van der Waals surface area contributed by atoms with E-state index in [4.69, 9.17) is 4.74 Å². The molecule has 64 heavy (non-hydrogen) atoms. The van der Waals surface area contributed by atoms with Crippen molar-refractivity contribution in [3.05, 3.63) is 87.7 Å².